The highest BCUT2D eigenvalue weighted by Gasteiger charge is 2.23. The molecule has 0 saturated carbocycles. The molecule has 1 saturated heterocycles. The molecule has 2 rings (SSSR count). The van der Waals surface area contributed by atoms with Crippen molar-refractivity contribution in [2.45, 2.75) is 25.8 Å². The molecular weight excluding hydrogens is 251 g/mol. The van der Waals surface area contributed by atoms with Gasteiger partial charge in [0.1, 0.15) is 5.82 Å². The quantitative estimate of drug-likeness (QED) is 0.914. The Morgan fingerprint density at radius 3 is 2.67 bits per heavy atom. The van der Waals surface area contributed by atoms with Crippen molar-refractivity contribution in [1.82, 2.24) is 4.90 Å². The summed E-state index contributed by atoms with van der Waals surface area (Å²) in [5, 5.41) is 0.517. The van der Waals surface area contributed by atoms with Gasteiger partial charge in [0, 0.05) is 11.1 Å². The maximum atomic E-state index is 13.0. The largest absolute Gasteiger partial charge is 0.330 e. The zero-order chi connectivity index (χ0) is 13.1. The van der Waals surface area contributed by atoms with Crippen LogP contribution in [0.25, 0.3) is 0 Å². The standard InChI is InChI=1S/C14H20ClFN2/c1-10(13-3-2-12(16)8-14(13)15)18-6-4-11(9-17)5-7-18/h2-3,8,10-11H,4-7,9,17H2,1H3. The predicted octanol–water partition coefficient (Wildman–Crippen LogP) is 3.21. The van der Waals surface area contributed by atoms with Crippen molar-refractivity contribution in [2.75, 3.05) is 19.6 Å². The lowest BCUT2D eigenvalue weighted by Crippen LogP contribution is -2.37. The summed E-state index contributed by atoms with van der Waals surface area (Å²) in [5.74, 6) is 0.370. The van der Waals surface area contributed by atoms with E-state index in [4.69, 9.17) is 17.3 Å². The van der Waals surface area contributed by atoms with Gasteiger partial charge in [-0.1, -0.05) is 17.7 Å². The van der Waals surface area contributed by atoms with Crippen molar-refractivity contribution in [3.05, 3.63) is 34.6 Å². The minimum Gasteiger partial charge on any atom is -0.330 e. The molecule has 0 spiro atoms. The van der Waals surface area contributed by atoms with Gasteiger partial charge in [0.2, 0.25) is 0 Å². The summed E-state index contributed by atoms with van der Waals surface area (Å²) in [6.45, 7) is 4.98. The van der Waals surface area contributed by atoms with E-state index in [9.17, 15) is 4.39 Å². The monoisotopic (exact) mass is 270 g/mol. The molecule has 1 atom stereocenters. The van der Waals surface area contributed by atoms with E-state index in [1.807, 2.05) is 0 Å². The second-order valence-corrected chi connectivity index (χ2v) is 5.46. The maximum Gasteiger partial charge on any atom is 0.124 e. The molecule has 1 aliphatic rings. The van der Waals surface area contributed by atoms with Crippen molar-refractivity contribution in [3.8, 4) is 0 Å². The molecule has 0 radical (unpaired) electrons. The van der Waals surface area contributed by atoms with Crippen molar-refractivity contribution < 1.29 is 4.39 Å². The van der Waals surface area contributed by atoms with Gasteiger partial charge in [-0.2, -0.15) is 0 Å². The Kier molecular flexibility index (Phi) is 4.60. The molecule has 0 aromatic heterocycles. The van der Waals surface area contributed by atoms with Crippen LogP contribution in [0.15, 0.2) is 18.2 Å². The van der Waals surface area contributed by atoms with Crippen molar-refractivity contribution >= 4 is 11.6 Å². The number of nitrogens with two attached hydrogens (primary N) is 1. The smallest absolute Gasteiger partial charge is 0.124 e. The molecule has 1 heterocycles. The number of nitrogens with zero attached hydrogens (tertiary/aromatic N) is 1. The molecular formula is C14H20ClFN2. The summed E-state index contributed by atoms with van der Waals surface area (Å²) < 4.78 is 13.0. The van der Waals surface area contributed by atoms with Crippen LogP contribution in [0.2, 0.25) is 5.02 Å². The lowest BCUT2D eigenvalue weighted by molar-refractivity contribution is 0.143. The molecule has 1 aliphatic heterocycles. The van der Waals surface area contributed by atoms with Crippen LogP contribution in [0.1, 0.15) is 31.4 Å². The molecule has 0 bridgehead atoms. The Labute approximate surface area is 113 Å². The average Bonchev–Trinajstić information content (AvgIpc) is 2.38. The first-order chi connectivity index (χ1) is 8.61. The third kappa shape index (κ3) is 3.02. The predicted molar refractivity (Wildman–Crippen MR) is 73.2 cm³/mol. The molecule has 0 amide bonds. The van der Waals surface area contributed by atoms with E-state index in [0.29, 0.717) is 10.9 Å². The van der Waals surface area contributed by atoms with Crippen LogP contribution in [0.5, 0.6) is 0 Å². The third-order valence-corrected chi connectivity index (χ3v) is 4.27. The summed E-state index contributed by atoms with van der Waals surface area (Å²) >= 11 is 6.11. The first-order valence-corrected chi connectivity index (χ1v) is 6.88. The second-order valence-electron chi connectivity index (χ2n) is 5.06. The van der Waals surface area contributed by atoms with E-state index < -0.39 is 0 Å². The fourth-order valence-electron chi connectivity index (χ4n) is 2.61. The number of piperidine rings is 1. The van der Waals surface area contributed by atoms with Gasteiger partial charge in [0.25, 0.3) is 0 Å². The number of halogens is 2. The van der Waals surface area contributed by atoms with Crippen LogP contribution in [0.4, 0.5) is 4.39 Å². The number of benzene rings is 1. The highest BCUT2D eigenvalue weighted by atomic mass is 35.5. The highest BCUT2D eigenvalue weighted by Crippen LogP contribution is 2.30. The van der Waals surface area contributed by atoms with Gasteiger partial charge >= 0.3 is 0 Å². The van der Waals surface area contributed by atoms with Gasteiger partial charge in [-0.25, -0.2) is 4.39 Å². The van der Waals surface area contributed by atoms with E-state index in [1.165, 1.54) is 12.1 Å². The van der Waals surface area contributed by atoms with E-state index in [2.05, 4.69) is 11.8 Å². The highest BCUT2D eigenvalue weighted by molar-refractivity contribution is 6.31. The van der Waals surface area contributed by atoms with Gasteiger partial charge in [0.05, 0.1) is 0 Å². The van der Waals surface area contributed by atoms with Crippen LogP contribution < -0.4 is 5.73 Å². The number of hydrogen-bond donors (Lipinski definition) is 1. The fourth-order valence-corrected chi connectivity index (χ4v) is 2.94. The fraction of sp³-hybridized carbons (Fsp3) is 0.571. The van der Waals surface area contributed by atoms with Gasteiger partial charge < -0.3 is 5.73 Å². The lowest BCUT2D eigenvalue weighted by atomic mass is 9.95. The number of hydrogen-bond acceptors (Lipinski definition) is 2. The molecule has 0 aliphatic carbocycles. The molecule has 1 aromatic rings. The summed E-state index contributed by atoms with van der Waals surface area (Å²) in [4.78, 5) is 2.39. The Balaban J connectivity index is 2.05. The Morgan fingerprint density at radius 1 is 1.44 bits per heavy atom. The lowest BCUT2D eigenvalue weighted by Gasteiger charge is -2.36. The third-order valence-electron chi connectivity index (χ3n) is 3.94. The average molecular weight is 271 g/mol. The van der Waals surface area contributed by atoms with Crippen molar-refractivity contribution in [2.24, 2.45) is 11.7 Å². The number of rotatable bonds is 3. The zero-order valence-corrected chi connectivity index (χ0v) is 11.5. The summed E-state index contributed by atoms with van der Waals surface area (Å²) in [6.07, 6.45) is 2.28. The van der Waals surface area contributed by atoms with Crippen LogP contribution in [0, 0.1) is 11.7 Å². The summed E-state index contributed by atoms with van der Waals surface area (Å²) in [6, 6.07) is 4.89. The molecule has 100 valence electrons. The summed E-state index contributed by atoms with van der Waals surface area (Å²) in [7, 11) is 0. The molecule has 2 N–H and O–H groups in total. The van der Waals surface area contributed by atoms with E-state index >= 15 is 0 Å². The van der Waals surface area contributed by atoms with E-state index in [1.54, 1.807) is 6.07 Å². The van der Waals surface area contributed by atoms with Gasteiger partial charge in [0.15, 0.2) is 0 Å². The van der Waals surface area contributed by atoms with Gasteiger partial charge in [-0.3, -0.25) is 4.90 Å². The summed E-state index contributed by atoms with van der Waals surface area (Å²) in [5.41, 5.74) is 6.70. The molecule has 1 aromatic carbocycles. The van der Waals surface area contributed by atoms with Gasteiger partial charge in [-0.15, -0.1) is 0 Å². The molecule has 2 nitrogen and oxygen atoms in total. The Hall–Kier alpha value is -0.640. The Bertz CT molecular complexity index is 403. The normalized spacial score (nSPS) is 20.0. The Morgan fingerprint density at radius 2 is 2.11 bits per heavy atom. The first-order valence-electron chi connectivity index (χ1n) is 6.51. The molecule has 18 heavy (non-hydrogen) atoms. The van der Waals surface area contributed by atoms with Crippen LogP contribution in [-0.2, 0) is 0 Å². The van der Waals surface area contributed by atoms with E-state index in [-0.39, 0.29) is 11.9 Å². The second kappa shape index (κ2) is 6.00. The van der Waals surface area contributed by atoms with E-state index in [0.717, 1.165) is 38.0 Å². The van der Waals surface area contributed by atoms with Crippen LogP contribution >= 0.6 is 11.6 Å². The zero-order valence-electron chi connectivity index (χ0n) is 10.7. The minimum absolute atomic E-state index is 0.233. The molecule has 4 heteroatoms. The molecule has 1 unspecified atom stereocenters. The number of likely N-dealkylation sites (tertiary alicyclic amines) is 1. The van der Waals surface area contributed by atoms with Crippen LogP contribution in [-0.4, -0.2) is 24.5 Å². The SMILES string of the molecule is CC(c1ccc(F)cc1Cl)N1CCC(CN)CC1. The van der Waals surface area contributed by atoms with Gasteiger partial charge in [-0.05, 0) is 63.0 Å². The van der Waals surface area contributed by atoms with Crippen molar-refractivity contribution in [3.63, 3.8) is 0 Å². The minimum atomic E-state index is -0.280. The maximum absolute atomic E-state index is 13.0. The topological polar surface area (TPSA) is 29.3 Å². The molecule has 1 fully saturated rings. The van der Waals surface area contributed by atoms with Crippen molar-refractivity contribution in [1.29, 1.82) is 0 Å². The van der Waals surface area contributed by atoms with Crippen LogP contribution in [0.3, 0.4) is 0 Å². The first kappa shape index (κ1) is 13.8.